The van der Waals surface area contributed by atoms with Gasteiger partial charge in [-0.2, -0.15) is 0 Å². The van der Waals surface area contributed by atoms with E-state index >= 15 is 0 Å². The number of nitrogens with zero attached hydrogens (tertiary/aromatic N) is 1. The predicted molar refractivity (Wildman–Crippen MR) is 85.8 cm³/mol. The molecule has 0 bridgehead atoms. The van der Waals surface area contributed by atoms with Crippen molar-refractivity contribution >= 4 is 0 Å². The van der Waals surface area contributed by atoms with Crippen LogP contribution in [0, 0.1) is 0 Å². The summed E-state index contributed by atoms with van der Waals surface area (Å²) in [4.78, 5) is 2.45. The zero-order valence-electron chi connectivity index (χ0n) is 13.5. The maximum absolute atomic E-state index is 6.01. The van der Waals surface area contributed by atoms with Crippen molar-refractivity contribution in [3.05, 3.63) is 29.8 Å². The monoisotopic (exact) mass is 292 g/mol. The van der Waals surface area contributed by atoms with Crippen molar-refractivity contribution in [2.75, 3.05) is 39.5 Å². The Hall–Kier alpha value is -1.10. The van der Waals surface area contributed by atoms with Gasteiger partial charge >= 0.3 is 0 Å². The first-order valence-corrected chi connectivity index (χ1v) is 7.87. The minimum Gasteiger partial charge on any atom is -0.492 e. The van der Waals surface area contributed by atoms with Gasteiger partial charge in [0.15, 0.2) is 0 Å². The summed E-state index contributed by atoms with van der Waals surface area (Å²) in [5.41, 5.74) is 1.32. The third-order valence-corrected chi connectivity index (χ3v) is 3.97. The summed E-state index contributed by atoms with van der Waals surface area (Å²) in [6.07, 6.45) is 0. The third-order valence-electron chi connectivity index (χ3n) is 3.97. The number of hydrogen-bond donors (Lipinski definition) is 1. The van der Waals surface area contributed by atoms with Gasteiger partial charge in [0.1, 0.15) is 12.4 Å². The van der Waals surface area contributed by atoms with Gasteiger partial charge in [-0.1, -0.05) is 25.1 Å². The van der Waals surface area contributed by atoms with E-state index in [9.17, 15) is 0 Å². The van der Waals surface area contributed by atoms with Gasteiger partial charge in [0.2, 0.25) is 0 Å². The summed E-state index contributed by atoms with van der Waals surface area (Å²) in [5, 5.41) is 3.35. The fourth-order valence-corrected chi connectivity index (χ4v) is 2.62. The van der Waals surface area contributed by atoms with E-state index in [-0.39, 0.29) is 5.54 Å². The molecule has 1 N–H and O–H groups in total. The number of morpholine rings is 1. The minimum absolute atomic E-state index is 0.102. The van der Waals surface area contributed by atoms with E-state index in [1.54, 1.807) is 0 Å². The molecular weight excluding hydrogens is 264 g/mol. The maximum Gasteiger partial charge on any atom is 0.123 e. The van der Waals surface area contributed by atoms with Crippen molar-refractivity contribution in [2.24, 2.45) is 0 Å². The average Bonchev–Trinajstić information content (AvgIpc) is 2.48. The molecule has 2 rings (SSSR count). The summed E-state index contributed by atoms with van der Waals surface area (Å²) >= 11 is 0. The van der Waals surface area contributed by atoms with Crippen molar-refractivity contribution in [3.63, 3.8) is 0 Å². The van der Waals surface area contributed by atoms with Gasteiger partial charge in [0.05, 0.1) is 13.2 Å². The first kappa shape index (κ1) is 16.3. The lowest BCUT2D eigenvalue weighted by molar-refractivity contribution is -0.0547. The van der Waals surface area contributed by atoms with E-state index in [0.717, 1.165) is 45.1 Å². The summed E-state index contributed by atoms with van der Waals surface area (Å²) in [5.74, 6) is 0.990. The van der Waals surface area contributed by atoms with Crippen molar-refractivity contribution in [3.8, 4) is 5.75 Å². The molecule has 118 valence electrons. The molecule has 1 aromatic carbocycles. The Bertz CT molecular complexity index is 435. The number of ether oxygens (including phenoxy) is 2. The van der Waals surface area contributed by atoms with Gasteiger partial charge in [0, 0.05) is 30.7 Å². The lowest BCUT2D eigenvalue weighted by atomic mass is 10.0. The van der Waals surface area contributed by atoms with Crippen molar-refractivity contribution in [2.45, 2.75) is 32.9 Å². The maximum atomic E-state index is 6.01. The Balaban J connectivity index is 1.85. The molecule has 0 spiro atoms. The molecule has 0 unspecified atom stereocenters. The highest BCUT2D eigenvalue weighted by atomic mass is 16.5. The Morgan fingerprint density at radius 1 is 1.33 bits per heavy atom. The molecule has 1 aliphatic heterocycles. The number of rotatable bonds is 7. The highest BCUT2D eigenvalue weighted by Crippen LogP contribution is 2.20. The SMILES string of the molecule is CCNCc1ccccc1OCCN1CCOCC1(C)C. The molecule has 1 heterocycles. The van der Waals surface area contributed by atoms with Gasteiger partial charge in [-0.15, -0.1) is 0 Å². The molecule has 1 saturated heterocycles. The van der Waals surface area contributed by atoms with Crippen LogP contribution in [0.25, 0.3) is 0 Å². The lowest BCUT2D eigenvalue weighted by Gasteiger charge is -2.42. The van der Waals surface area contributed by atoms with Crippen LogP contribution in [0.2, 0.25) is 0 Å². The molecule has 1 aromatic rings. The second kappa shape index (κ2) is 7.78. The molecule has 0 aromatic heterocycles. The normalized spacial score (nSPS) is 18.6. The van der Waals surface area contributed by atoms with Crippen molar-refractivity contribution < 1.29 is 9.47 Å². The second-order valence-corrected chi connectivity index (χ2v) is 6.09. The van der Waals surface area contributed by atoms with E-state index in [0.29, 0.717) is 6.61 Å². The van der Waals surface area contributed by atoms with E-state index in [1.165, 1.54) is 5.56 Å². The summed E-state index contributed by atoms with van der Waals surface area (Å²) in [6.45, 7) is 12.6. The standard InChI is InChI=1S/C17H28N2O2/c1-4-18-13-15-7-5-6-8-16(15)21-12-10-19-9-11-20-14-17(19,2)3/h5-8,18H,4,9-14H2,1-3H3. The second-order valence-electron chi connectivity index (χ2n) is 6.09. The minimum atomic E-state index is 0.102. The van der Waals surface area contributed by atoms with Gasteiger partial charge in [-0.25, -0.2) is 0 Å². The number of benzene rings is 1. The molecule has 1 aliphatic rings. The van der Waals surface area contributed by atoms with Gasteiger partial charge in [-0.05, 0) is 26.5 Å². The van der Waals surface area contributed by atoms with Crippen LogP contribution >= 0.6 is 0 Å². The molecule has 4 nitrogen and oxygen atoms in total. The van der Waals surface area contributed by atoms with Crippen LogP contribution in [0.3, 0.4) is 0 Å². The van der Waals surface area contributed by atoms with Crippen molar-refractivity contribution in [1.82, 2.24) is 10.2 Å². The first-order valence-electron chi connectivity index (χ1n) is 7.87. The fraction of sp³-hybridized carbons (Fsp3) is 0.647. The average molecular weight is 292 g/mol. The van der Waals surface area contributed by atoms with Crippen LogP contribution in [-0.4, -0.2) is 49.9 Å². The smallest absolute Gasteiger partial charge is 0.123 e. The zero-order chi connectivity index (χ0) is 15.1. The van der Waals surface area contributed by atoms with Crippen LogP contribution in [0.5, 0.6) is 5.75 Å². The van der Waals surface area contributed by atoms with Crippen LogP contribution in [0.4, 0.5) is 0 Å². The summed E-state index contributed by atoms with van der Waals surface area (Å²) in [7, 11) is 0. The Labute approximate surface area is 128 Å². The number of hydrogen-bond acceptors (Lipinski definition) is 4. The van der Waals surface area contributed by atoms with E-state index in [2.05, 4.69) is 49.2 Å². The molecular formula is C17H28N2O2. The van der Waals surface area contributed by atoms with E-state index in [1.807, 2.05) is 6.07 Å². The van der Waals surface area contributed by atoms with Crippen LogP contribution in [0.15, 0.2) is 24.3 Å². The van der Waals surface area contributed by atoms with Crippen LogP contribution in [-0.2, 0) is 11.3 Å². The highest BCUT2D eigenvalue weighted by Gasteiger charge is 2.29. The number of nitrogens with one attached hydrogen (secondary N) is 1. The lowest BCUT2D eigenvalue weighted by Crippen LogP contribution is -2.54. The van der Waals surface area contributed by atoms with Gasteiger partial charge < -0.3 is 14.8 Å². The molecule has 1 fully saturated rings. The Kier molecular flexibility index (Phi) is 6.03. The quantitative estimate of drug-likeness (QED) is 0.836. The Morgan fingerprint density at radius 3 is 2.90 bits per heavy atom. The largest absolute Gasteiger partial charge is 0.492 e. The zero-order valence-corrected chi connectivity index (χ0v) is 13.5. The molecule has 0 amide bonds. The molecule has 21 heavy (non-hydrogen) atoms. The first-order chi connectivity index (χ1) is 10.1. The number of para-hydroxylation sites is 1. The van der Waals surface area contributed by atoms with Gasteiger partial charge in [0.25, 0.3) is 0 Å². The topological polar surface area (TPSA) is 33.7 Å². The van der Waals surface area contributed by atoms with Crippen LogP contribution in [0.1, 0.15) is 26.3 Å². The van der Waals surface area contributed by atoms with E-state index < -0.39 is 0 Å². The molecule has 0 aliphatic carbocycles. The van der Waals surface area contributed by atoms with E-state index in [4.69, 9.17) is 9.47 Å². The Morgan fingerprint density at radius 2 is 2.14 bits per heavy atom. The molecule has 0 saturated carbocycles. The fourth-order valence-electron chi connectivity index (χ4n) is 2.62. The van der Waals surface area contributed by atoms with Crippen molar-refractivity contribution in [1.29, 1.82) is 0 Å². The summed E-state index contributed by atoms with van der Waals surface area (Å²) in [6, 6.07) is 8.27. The molecule has 0 atom stereocenters. The summed E-state index contributed by atoms with van der Waals surface area (Å²) < 4.78 is 11.6. The third kappa shape index (κ3) is 4.70. The molecule has 4 heteroatoms. The molecule has 0 radical (unpaired) electrons. The predicted octanol–water partition coefficient (Wildman–Crippen LogP) is 2.29. The highest BCUT2D eigenvalue weighted by molar-refractivity contribution is 5.33. The van der Waals surface area contributed by atoms with Gasteiger partial charge in [-0.3, -0.25) is 4.90 Å². The van der Waals surface area contributed by atoms with Crippen LogP contribution < -0.4 is 10.1 Å².